The van der Waals surface area contributed by atoms with Gasteiger partial charge in [0.05, 0.1) is 4.88 Å². The van der Waals surface area contributed by atoms with E-state index in [1.165, 1.54) is 11.3 Å². The molecule has 5 nitrogen and oxygen atoms in total. The second kappa shape index (κ2) is 8.12. The van der Waals surface area contributed by atoms with Crippen molar-refractivity contribution >= 4 is 23.0 Å². The number of nitrogens with one attached hydrogen (secondary N) is 1. The number of ketones is 1. The van der Waals surface area contributed by atoms with Crippen LogP contribution in [0.25, 0.3) is 10.4 Å². The Morgan fingerprint density at radius 3 is 2.50 bits per heavy atom. The molecule has 2 aromatic rings. The lowest BCUT2D eigenvalue weighted by atomic mass is 10.1. The fourth-order valence-electron chi connectivity index (χ4n) is 3.10. The van der Waals surface area contributed by atoms with E-state index in [1.807, 2.05) is 36.4 Å². The topological polar surface area (TPSA) is 52.7 Å². The summed E-state index contributed by atoms with van der Waals surface area (Å²) in [6.45, 7) is 5.27. The Bertz CT molecular complexity index is 785. The van der Waals surface area contributed by atoms with Gasteiger partial charge in [0.2, 0.25) is 0 Å². The van der Waals surface area contributed by atoms with Crippen LogP contribution >= 0.6 is 11.3 Å². The Morgan fingerprint density at radius 2 is 1.85 bits per heavy atom. The zero-order valence-electron chi connectivity index (χ0n) is 15.5. The number of benzene rings is 1. The molecule has 1 aromatic heterocycles. The van der Waals surface area contributed by atoms with Gasteiger partial charge in [-0.15, -0.1) is 11.3 Å². The molecule has 6 heteroatoms. The second-order valence-corrected chi connectivity index (χ2v) is 7.99. The Balaban J connectivity index is 1.60. The van der Waals surface area contributed by atoms with Crippen molar-refractivity contribution in [3.63, 3.8) is 0 Å². The molecular formula is C20H25N3O2S. The van der Waals surface area contributed by atoms with E-state index in [9.17, 15) is 9.59 Å². The minimum absolute atomic E-state index is 0.0474. The van der Waals surface area contributed by atoms with Crippen LogP contribution in [0.3, 0.4) is 0 Å². The molecule has 1 saturated heterocycles. The van der Waals surface area contributed by atoms with Crippen LogP contribution in [-0.4, -0.2) is 67.8 Å². The van der Waals surface area contributed by atoms with Gasteiger partial charge in [-0.25, -0.2) is 0 Å². The van der Waals surface area contributed by atoms with Crippen LogP contribution in [0, 0.1) is 0 Å². The van der Waals surface area contributed by atoms with Crippen molar-refractivity contribution in [1.82, 2.24) is 15.1 Å². The van der Waals surface area contributed by atoms with Crippen molar-refractivity contribution in [3.05, 3.63) is 46.8 Å². The predicted molar refractivity (Wildman–Crippen MR) is 106 cm³/mol. The number of amides is 1. The molecule has 1 aromatic carbocycles. The van der Waals surface area contributed by atoms with E-state index in [0.29, 0.717) is 18.2 Å². The highest BCUT2D eigenvalue weighted by molar-refractivity contribution is 7.17. The highest BCUT2D eigenvalue weighted by Crippen LogP contribution is 2.28. The Labute approximate surface area is 158 Å². The first-order valence-electron chi connectivity index (χ1n) is 8.82. The van der Waals surface area contributed by atoms with Gasteiger partial charge in [-0.3, -0.25) is 14.5 Å². The molecule has 0 bridgehead atoms. The molecule has 1 N–H and O–H groups in total. The molecule has 1 aliphatic rings. The van der Waals surface area contributed by atoms with Gasteiger partial charge < -0.3 is 10.2 Å². The van der Waals surface area contributed by atoms with Gasteiger partial charge in [-0.2, -0.15) is 0 Å². The number of rotatable bonds is 5. The van der Waals surface area contributed by atoms with Gasteiger partial charge in [-0.1, -0.05) is 12.1 Å². The van der Waals surface area contributed by atoms with E-state index >= 15 is 0 Å². The fraction of sp³-hybridized carbons (Fsp3) is 0.400. The summed E-state index contributed by atoms with van der Waals surface area (Å²) >= 11 is 1.48. The Morgan fingerprint density at radius 1 is 1.12 bits per heavy atom. The third-order valence-electron chi connectivity index (χ3n) is 4.86. The number of carbonyl (C=O) groups is 2. The van der Waals surface area contributed by atoms with Gasteiger partial charge >= 0.3 is 0 Å². The molecular weight excluding hydrogens is 346 g/mol. The van der Waals surface area contributed by atoms with Crippen LogP contribution in [-0.2, 0) is 0 Å². The number of carbonyl (C=O) groups excluding carboxylic acids is 2. The molecule has 0 saturated carbocycles. The number of thiophene rings is 1. The molecule has 1 atom stereocenters. The molecule has 2 heterocycles. The van der Waals surface area contributed by atoms with Crippen molar-refractivity contribution in [1.29, 1.82) is 0 Å². The van der Waals surface area contributed by atoms with E-state index in [4.69, 9.17) is 0 Å². The van der Waals surface area contributed by atoms with Crippen LogP contribution in [0.5, 0.6) is 0 Å². The summed E-state index contributed by atoms with van der Waals surface area (Å²) in [7, 11) is 4.22. The minimum Gasteiger partial charge on any atom is -0.350 e. The fourth-order valence-corrected chi connectivity index (χ4v) is 4.01. The average molecular weight is 372 g/mol. The first-order chi connectivity index (χ1) is 12.4. The summed E-state index contributed by atoms with van der Waals surface area (Å²) in [6, 6.07) is 11.7. The zero-order valence-corrected chi connectivity index (χ0v) is 16.3. The van der Waals surface area contributed by atoms with Gasteiger partial charge in [0.15, 0.2) is 5.78 Å². The lowest BCUT2D eigenvalue weighted by Crippen LogP contribution is -2.54. The molecule has 0 aliphatic carbocycles. The van der Waals surface area contributed by atoms with Gasteiger partial charge in [0, 0.05) is 42.7 Å². The molecule has 0 spiro atoms. The number of hydrogen-bond acceptors (Lipinski definition) is 5. The standard InChI is InChI=1S/C20H25N3O2S/c1-14(24)18-8-9-19(26-18)15-4-6-16(7-5-15)20(25)21-12-17-13-22(2)10-11-23(17)3/h4-9,17H,10-13H2,1-3H3,(H,21,25)/t17-/m0/s1. The maximum Gasteiger partial charge on any atom is 0.251 e. The highest BCUT2D eigenvalue weighted by atomic mass is 32.1. The first kappa shape index (κ1) is 18.8. The molecule has 1 amide bonds. The van der Waals surface area contributed by atoms with Crippen LogP contribution in [0.2, 0.25) is 0 Å². The Kier molecular flexibility index (Phi) is 5.86. The van der Waals surface area contributed by atoms with Gasteiger partial charge in [-0.05, 0) is 50.8 Å². The van der Waals surface area contributed by atoms with E-state index in [-0.39, 0.29) is 11.7 Å². The van der Waals surface area contributed by atoms with E-state index in [2.05, 4.69) is 29.2 Å². The first-order valence-corrected chi connectivity index (χ1v) is 9.64. The number of piperazine rings is 1. The van der Waals surface area contributed by atoms with E-state index in [1.54, 1.807) is 6.92 Å². The van der Waals surface area contributed by atoms with Gasteiger partial charge in [0.1, 0.15) is 0 Å². The molecule has 1 aliphatic heterocycles. The second-order valence-electron chi connectivity index (χ2n) is 6.90. The maximum absolute atomic E-state index is 12.4. The normalized spacial score (nSPS) is 18.7. The van der Waals surface area contributed by atoms with Crippen molar-refractivity contribution in [2.45, 2.75) is 13.0 Å². The zero-order chi connectivity index (χ0) is 18.7. The lowest BCUT2D eigenvalue weighted by Gasteiger charge is -2.37. The summed E-state index contributed by atoms with van der Waals surface area (Å²) < 4.78 is 0. The summed E-state index contributed by atoms with van der Waals surface area (Å²) in [4.78, 5) is 30.2. The lowest BCUT2D eigenvalue weighted by molar-refractivity contribution is 0.0881. The summed E-state index contributed by atoms with van der Waals surface area (Å²) in [6.07, 6.45) is 0. The number of Topliss-reactive ketones (excluding diaryl/α,β-unsaturated/α-hetero) is 1. The summed E-state index contributed by atoms with van der Waals surface area (Å²) in [5.74, 6) is 0.0318. The molecule has 1 fully saturated rings. The molecule has 3 rings (SSSR count). The van der Waals surface area contributed by atoms with Crippen LogP contribution in [0.4, 0.5) is 0 Å². The van der Waals surface area contributed by atoms with Crippen molar-refractivity contribution < 1.29 is 9.59 Å². The van der Waals surface area contributed by atoms with Crippen LogP contribution in [0.15, 0.2) is 36.4 Å². The molecule has 0 radical (unpaired) electrons. The number of likely N-dealkylation sites (N-methyl/N-ethyl adjacent to an activating group) is 2. The summed E-state index contributed by atoms with van der Waals surface area (Å²) in [5, 5.41) is 3.05. The average Bonchev–Trinajstić information content (AvgIpc) is 3.13. The van der Waals surface area contributed by atoms with Gasteiger partial charge in [0.25, 0.3) is 5.91 Å². The minimum atomic E-state index is -0.0474. The van der Waals surface area contributed by atoms with Crippen molar-refractivity contribution in [2.75, 3.05) is 40.3 Å². The monoisotopic (exact) mass is 371 g/mol. The maximum atomic E-state index is 12.4. The van der Waals surface area contributed by atoms with Crippen molar-refractivity contribution in [2.24, 2.45) is 0 Å². The molecule has 26 heavy (non-hydrogen) atoms. The largest absolute Gasteiger partial charge is 0.350 e. The van der Waals surface area contributed by atoms with E-state index < -0.39 is 0 Å². The number of nitrogens with zero attached hydrogens (tertiary/aromatic N) is 2. The number of hydrogen-bond donors (Lipinski definition) is 1. The van der Waals surface area contributed by atoms with Crippen LogP contribution in [0.1, 0.15) is 27.0 Å². The SMILES string of the molecule is CC(=O)c1ccc(-c2ccc(C(=O)NC[C@H]3CN(C)CCN3C)cc2)s1. The Hall–Kier alpha value is -2.02. The highest BCUT2D eigenvalue weighted by Gasteiger charge is 2.22. The van der Waals surface area contributed by atoms with Crippen LogP contribution < -0.4 is 5.32 Å². The third-order valence-corrected chi connectivity index (χ3v) is 6.10. The summed E-state index contributed by atoms with van der Waals surface area (Å²) in [5.41, 5.74) is 1.68. The molecule has 138 valence electrons. The third kappa shape index (κ3) is 4.38. The smallest absolute Gasteiger partial charge is 0.251 e. The predicted octanol–water partition coefficient (Wildman–Crippen LogP) is 2.59. The van der Waals surface area contributed by atoms with E-state index in [0.717, 1.165) is 35.0 Å². The molecule has 0 unspecified atom stereocenters. The quantitative estimate of drug-likeness (QED) is 0.821. The van der Waals surface area contributed by atoms with Crippen molar-refractivity contribution in [3.8, 4) is 10.4 Å².